The number of nitrogens with one attached hydrogen (secondary N) is 1. The maximum Gasteiger partial charge on any atom is 0.0497 e. The minimum Gasteiger partial charge on any atom is -0.378 e. The SMILES string of the molecule is Cc1cc(C(C)Nc2ccccc2Br)c(C)s1. The average molecular weight is 310 g/mol. The third-order valence-electron chi connectivity index (χ3n) is 2.79. The van der Waals surface area contributed by atoms with Crippen molar-refractivity contribution < 1.29 is 0 Å². The Bertz CT molecular complexity index is 519. The second-order valence-electron chi connectivity index (χ2n) is 4.21. The molecule has 1 unspecified atom stereocenters. The Labute approximate surface area is 115 Å². The maximum absolute atomic E-state index is 3.56. The summed E-state index contributed by atoms with van der Waals surface area (Å²) in [5.41, 5.74) is 2.53. The van der Waals surface area contributed by atoms with Crippen LogP contribution in [0.3, 0.4) is 0 Å². The van der Waals surface area contributed by atoms with Crippen LogP contribution in [0.5, 0.6) is 0 Å². The number of aryl methyl sites for hydroxylation is 2. The van der Waals surface area contributed by atoms with Crippen molar-refractivity contribution in [1.82, 2.24) is 0 Å². The van der Waals surface area contributed by atoms with Crippen LogP contribution in [-0.2, 0) is 0 Å². The fraction of sp³-hybridized carbons (Fsp3) is 0.286. The number of anilines is 1. The van der Waals surface area contributed by atoms with Gasteiger partial charge in [0.05, 0.1) is 0 Å². The van der Waals surface area contributed by atoms with Crippen LogP contribution < -0.4 is 5.32 Å². The first-order valence-electron chi connectivity index (χ1n) is 5.66. The summed E-state index contributed by atoms with van der Waals surface area (Å²) in [4.78, 5) is 2.77. The van der Waals surface area contributed by atoms with E-state index in [-0.39, 0.29) is 0 Å². The molecule has 1 atom stereocenters. The molecule has 0 saturated heterocycles. The van der Waals surface area contributed by atoms with Gasteiger partial charge in [-0.25, -0.2) is 0 Å². The fourth-order valence-corrected chi connectivity index (χ4v) is 3.39. The Morgan fingerprint density at radius 2 is 1.94 bits per heavy atom. The Morgan fingerprint density at radius 3 is 2.53 bits per heavy atom. The van der Waals surface area contributed by atoms with E-state index in [2.05, 4.69) is 60.2 Å². The van der Waals surface area contributed by atoms with Crippen molar-refractivity contribution in [2.24, 2.45) is 0 Å². The lowest BCUT2D eigenvalue weighted by molar-refractivity contribution is 0.880. The van der Waals surface area contributed by atoms with Gasteiger partial charge >= 0.3 is 0 Å². The van der Waals surface area contributed by atoms with Gasteiger partial charge in [-0.2, -0.15) is 0 Å². The standard InChI is InChI=1S/C14H16BrNS/c1-9-8-12(11(3)17-9)10(2)16-14-7-5-4-6-13(14)15/h4-8,10,16H,1-3H3. The van der Waals surface area contributed by atoms with Crippen molar-refractivity contribution >= 4 is 33.0 Å². The number of halogens is 1. The van der Waals surface area contributed by atoms with E-state index in [0.717, 1.165) is 10.2 Å². The van der Waals surface area contributed by atoms with Gasteiger partial charge < -0.3 is 5.32 Å². The highest BCUT2D eigenvalue weighted by molar-refractivity contribution is 9.10. The van der Waals surface area contributed by atoms with Gasteiger partial charge in [0, 0.05) is 26.0 Å². The summed E-state index contributed by atoms with van der Waals surface area (Å²) >= 11 is 5.42. The molecule has 0 aliphatic rings. The highest BCUT2D eigenvalue weighted by Gasteiger charge is 2.11. The van der Waals surface area contributed by atoms with Crippen LogP contribution in [0.2, 0.25) is 0 Å². The lowest BCUT2D eigenvalue weighted by Crippen LogP contribution is -2.07. The second-order valence-corrected chi connectivity index (χ2v) is 6.53. The molecule has 1 aromatic heterocycles. The minimum absolute atomic E-state index is 0.332. The summed E-state index contributed by atoms with van der Waals surface area (Å²) in [6, 6.07) is 10.8. The quantitative estimate of drug-likeness (QED) is 0.811. The fourth-order valence-electron chi connectivity index (χ4n) is 1.97. The Kier molecular flexibility index (Phi) is 3.89. The maximum atomic E-state index is 3.56. The van der Waals surface area contributed by atoms with Gasteiger partial charge in [-0.15, -0.1) is 11.3 Å². The van der Waals surface area contributed by atoms with Crippen molar-refractivity contribution in [3.8, 4) is 0 Å². The second kappa shape index (κ2) is 5.23. The molecule has 90 valence electrons. The lowest BCUT2D eigenvalue weighted by Gasteiger charge is -2.16. The third kappa shape index (κ3) is 2.90. The third-order valence-corrected chi connectivity index (χ3v) is 4.46. The molecule has 1 nitrogen and oxygen atoms in total. The van der Waals surface area contributed by atoms with E-state index >= 15 is 0 Å². The summed E-state index contributed by atoms with van der Waals surface area (Å²) < 4.78 is 1.11. The molecule has 3 heteroatoms. The zero-order chi connectivity index (χ0) is 12.4. The molecule has 2 rings (SSSR count). The molecule has 2 aromatic rings. The highest BCUT2D eigenvalue weighted by Crippen LogP contribution is 2.30. The first-order chi connectivity index (χ1) is 8.08. The molecule has 0 amide bonds. The number of rotatable bonds is 3. The van der Waals surface area contributed by atoms with Gasteiger partial charge in [-0.05, 0) is 60.5 Å². The average Bonchev–Trinajstić information content (AvgIpc) is 2.61. The molecule has 1 N–H and O–H groups in total. The van der Waals surface area contributed by atoms with E-state index in [1.165, 1.54) is 15.3 Å². The number of hydrogen-bond donors (Lipinski definition) is 1. The molecular weight excluding hydrogens is 294 g/mol. The highest BCUT2D eigenvalue weighted by atomic mass is 79.9. The van der Waals surface area contributed by atoms with E-state index < -0.39 is 0 Å². The number of hydrogen-bond acceptors (Lipinski definition) is 2. The van der Waals surface area contributed by atoms with E-state index in [4.69, 9.17) is 0 Å². The molecule has 0 spiro atoms. The molecule has 0 radical (unpaired) electrons. The molecule has 0 bridgehead atoms. The summed E-state index contributed by atoms with van der Waals surface area (Å²) in [5, 5.41) is 3.54. The number of thiophene rings is 1. The van der Waals surface area contributed by atoms with Crippen LogP contribution in [0.15, 0.2) is 34.8 Å². The van der Waals surface area contributed by atoms with Gasteiger partial charge in [0.1, 0.15) is 0 Å². The zero-order valence-electron chi connectivity index (χ0n) is 10.3. The van der Waals surface area contributed by atoms with Crippen molar-refractivity contribution in [2.75, 3.05) is 5.32 Å². The van der Waals surface area contributed by atoms with Crippen LogP contribution in [-0.4, -0.2) is 0 Å². The summed E-state index contributed by atoms with van der Waals surface area (Å²) in [7, 11) is 0. The molecule has 0 aliphatic heterocycles. The van der Waals surface area contributed by atoms with Gasteiger partial charge in [0.2, 0.25) is 0 Å². The Balaban J connectivity index is 2.20. The largest absolute Gasteiger partial charge is 0.378 e. The van der Waals surface area contributed by atoms with Gasteiger partial charge in [-0.1, -0.05) is 12.1 Å². The molecule has 17 heavy (non-hydrogen) atoms. The smallest absolute Gasteiger partial charge is 0.0497 e. The van der Waals surface area contributed by atoms with Gasteiger partial charge in [0.25, 0.3) is 0 Å². The van der Waals surface area contributed by atoms with E-state index in [9.17, 15) is 0 Å². The molecule has 0 fully saturated rings. The van der Waals surface area contributed by atoms with Crippen molar-refractivity contribution in [3.63, 3.8) is 0 Å². The van der Waals surface area contributed by atoms with E-state index in [0.29, 0.717) is 6.04 Å². The number of para-hydroxylation sites is 1. The monoisotopic (exact) mass is 309 g/mol. The summed E-state index contributed by atoms with van der Waals surface area (Å²) in [6.45, 7) is 6.55. The number of benzene rings is 1. The Morgan fingerprint density at radius 1 is 1.24 bits per heavy atom. The zero-order valence-corrected chi connectivity index (χ0v) is 12.7. The first-order valence-corrected chi connectivity index (χ1v) is 7.27. The van der Waals surface area contributed by atoms with Crippen molar-refractivity contribution in [3.05, 3.63) is 50.1 Å². The molecule has 0 saturated carbocycles. The molecule has 1 aromatic carbocycles. The normalized spacial score (nSPS) is 12.5. The topological polar surface area (TPSA) is 12.0 Å². The minimum atomic E-state index is 0.332. The molecular formula is C14H16BrNS. The summed E-state index contributed by atoms with van der Waals surface area (Å²) in [5.74, 6) is 0. The van der Waals surface area contributed by atoms with Crippen molar-refractivity contribution in [2.45, 2.75) is 26.8 Å². The molecule has 1 heterocycles. The van der Waals surface area contributed by atoms with Crippen LogP contribution in [0.25, 0.3) is 0 Å². The summed E-state index contributed by atoms with van der Waals surface area (Å²) in [6.07, 6.45) is 0. The van der Waals surface area contributed by atoms with Crippen LogP contribution in [0, 0.1) is 13.8 Å². The first kappa shape index (κ1) is 12.7. The molecule has 0 aliphatic carbocycles. The predicted molar refractivity (Wildman–Crippen MR) is 80.0 cm³/mol. The Hall–Kier alpha value is -0.800. The van der Waals surface area contributed by atoms with Crippen LogP contribution in [0.1, 0.15) is 28.3 Å². The van der Waals surface area contributed by atoms with Crippen LogP contribution in [0.4, 0.5) is 5.69 Å². The van der Waals surface area contributed by atoms with Crippen molar-refractivity contribution in [1.29, 1.82) is 0 Å². The van der Waals surface area contributed by atoms with E-state index in [1.54, 1.807) is 0 Å². The lowest BCUT2D eigenvalue weighted by atomic mass is 10.1. The predicted octanol–water partition coefficient (Wildman–Crippen LogP) is 5.30. The van der Waals surface area contributed by atoms with Crippen LogP contribution >= 0.6 is 27.3 Å². The van der Waals surface area contributed by atoms with E-state index in [1.807, 2.05) is 23.5 Å². The van der Waals surface area contributed by atoms with Gasteiger partial charge in [-0.3, -0.25) is 0 Å². The van der Waals surface area contributed by atoms with Gasteiger partial charge in [0.15, 0.2) is 0 Å².